The molecule has 0 aliphatic rings. The lowest BCUT2D eigenvalue weighted by Crippen LogP contribution is -2.45. The number of allylic oxidation sites excluding steroid dienone is 9. The zero-order valence-electron chi connectivity index (χ0n) is 53.7. The Labute approximate surface area is 496 Å². The number of amides is 1. The SMILES string of the molecule is CCCCCCC/C=C\C/C=C\C/C=C\CCCCCCCCCCCCCCCCCCCCCCC(=O)NC(CO)C(O)/C=C/CC/C=C/CCCCCCCCCCCCCCCCCCCCCCCCCCCC. The maximum Gasteiger partial charge on any atom is 0.220 e. The fraction of sp³-hybridized carbons (Fsp3) is 0.853. The molecule has 0 bridgehead atoms. The van der Waals surface area contributed by atoms with E-state index in [1.807, 2.05) is 6.08 Å². The van der Waals surface area contributed by atoms with E-state index in [-0.39, 0.29) is 12.5 Å². The summed E-state index contributed by atoms with van der Waals surface area (Å²) in [5.74, 6) is -0.0675. The van der Waals surface area contributed by atoms with Crippen molar-refractivity contribution in [1.82, 2.24) is 5.32 Å². The van der Waals surface area contributed by atoms with Gasteiger partial charge in [-0.05, 0) is 70.6 Å². The number of hydrogen-bond acceptors (Lipinski definition) is 3. The number of carbonyl (C=O) groups excluding carboxylic acids is 1. The summed E-state index contributed by atoms with van der Waals surface area (Å²) in [4.78, 5) is 12.5. The molecule has 0 aromatic heterocycles. The molecule has 0 radical (unpaired) electrons. The quantitative estimate of drug-likeness (QED) is 0.0420. The van der Waals surface area contributed by atoms with E-state index in [9.17, 15) is 15.0 Å². The molecule has 79 heavy (non-hydrogen) atoms. The molecular weight excluding hydrogens is 963 g/mol. The lowest BCUT2D eigenvalue weighted by atomic mass is 10.0. The van der Waals surface area contributed by atoms with Gasteiger partial charge in [0.25, 0.3) is 0 Å². The van der Waals surface area contributed by atoms with Gasteiger partial charge in [-0.3, -0.25) is 4.79 Å². The third-order valence-electron chi connectivity index (χ3n) is 16.7. The van der Waals surface area contributed by atoms with E-state index in [0.29, 0.717) is 6.42 Å². The van der Waals surface area contributed by atoms with Crippen LogP contribution in [0.4, 0.5) is 0 Å². The van der Waals surface area contributed by atoms with Crippen molar-refractivity contribution in [2.75, 3.05) is 6.61 Å². The minimum atomic E-state index is -0.865. The maximum absolute atomic E-state index is 12.5. The van der Waals surface area contributed by atoms with Gasteiger partial charge in [0.1, 0.15) is 0 Å². The average molecular weight is 1100 g/mol. The molecule has 3 N–H and O–H groups in total. The second kappa shape index (κ2) is 70.4. The van der Waals surface area contributed by atoms with E-state index < -0.39 is 12.1 Å². The summed E-state index contributed by atoms with van der Waals surface area (Å²) in [5.41, 5.74) is 0. The number of aliphatic hydroxyl groups is 2. The number of hydrogen-bond donors (Lipinski definition) is 3. The summed E-state index contributed by atoms with van der Waals surface area (Å²) >= 11 is 0. The zero-order valence-corrected chi connectivity index (χ0v) is 53.7. The first-order valence-electron chi connectivity index (χ1n) is 36.0. The molecule has 0 rings (SSSR count). The Morgan fingerprint density at radius 1 is 0.304 bits per heavy atom. The second-order valence-electron chi connectivity index (χ2n) is 24.6. The molecule has 4 nitrogen and oxygen atoms in total. The Morgan fingerprint density at radius 3 is 0.823 bits per heavy atom. The summed E-state index contributed by atoms with van der Waals surface area (Å²) in [6, 6.07) is -0.642. The third kappa shape index (κ3) is 66.8. The molecule has 0 aliphatic carbocycles. The largest absolute Gasteiger partial charge is 0.394 e. The Hall–Kier alpha value is -1.91. The molecule has 0 heterocycles. The van der Waals surface area contributed by atoms with Crippen molar-refractivity contribution in [3.63, 3.8) is 0 Å². The molecule has 4 heteroatoms. The molecule has 2 unspecified atom stereocenters. The van der Waals surface area contributed by atoms with E-state index in [0.717, 1.165) is 44.9 Å². The van der Waals surface area contributed by atoms with Crippen molar-refractivity contribution in [1.29, 1.82) is 0 Å². The van der Waals surface area contributed by atoms with Crippen LogP contribution in [0.2, 0.25) is 0 Å². The van der Waals surface area contributed by atoms with Crippen LogP contribution in [-0.2, 0) is 4.79 Å². The molecule has 0 fully saturated rings. The predicted molar refractivity (Wildman–Crippen MR) is 354 cm³/mol. The van der Waals surface area contributed by atoms with Gasteiger partial charge in [0, 0.05) is 6.42 Å². The molecule has 1 amide bonds. The summed E-state index contributed by atoms with van der Waals surface area (Å²) < 4.78 is 0. The first kappa shape index (κ1) is 77.1. The molecule has 0 aliphatic heterocycles. The molecular formula is C75H141NO3. The molecule has 0 aromatic carbocycles. The fourth-order valence-corrected chi connectivity index (χ4v) is 11.3. The van der Waals surface area contributed by atoms with Crippen LogP contribution in [0, 0.1) is 0 Å². The van der Waals surface area contributed by atoms with Gasteiger partial charge in [0.2, 0.25) is 5.91 Å². The van der Waals surface area contributed by atoms with Gasteiger partial charge in [0.15, 0.2) is 0 Å². The second-order valence-corrected chi connectivity index (χ2v) is 24.6. The van der Waals surface area contributed by atoms with E-state index >= 15 is 0 Å². The molecule has 0 saturated carbocycles. The first-order valence-corrected chi connectivity index (χ1v) is 36.0. The number of carbonyl (C=O) groups is 1. The monoisotopic (exact) mass is 1100 g/mol. The van der Waals surface area contributed by atoms with Crippen LogP contribution in [-0.4, -0.2) is 34.9 Å². The van der Waals surface area contributed by atoms with Gasteiger partial charge in [-0.15, -0.1) is 0 Å². The standard InChI is InChI=1S/C75H141NO3/c1-3-5-7-9-11-13-15-17-19-21-23-25-27-29-31-33-35-37-38-39-41-43-45-47-49-51-53-55-57-59-61-63-65-67-69-71-75(79)76-73(72-77)74(78)70-68-66-64-62-60-58-56-54-52-50-48-46-44-42-40-36-34-32-30-28-26-24-22-20-18-16-14-12-10-8-6-4-2/h15,17,21,23,27,29,60,62,68,70,73-74,77-78H,3-14,16,18-20,22,24-26,28,30-59,61,63-67,69,71-72H2,1-2H3,(H,76,79)/b17-15-,23-21-,29-27-,62-60+,70-68+. The highest BCUT2D eigenvalue weighted by Gasteiger charge is 2.18. The van der Waals surface area contributed by atoms with Crippen molar-refractivity contribution < 1.29 is 15.0 Å². The lowest BCUT2D eigenvalue weighted by molar-refractivity contribution is -0.123. The van der Waals surface area contributed by atoms with Crippen LogP contribution in [0.25, 0.3) is 0 Å². The number of nitrogens with one attached hydrogen (secondary N) is 1. The summed E-state index contributed by atoms with van der Waals surface area (Å²) in [5, 5.41) is 23.3. The van der Waals surface area contributed by atoms with Crippen molar-refractivity contribution in [3.8, 4) is 0 Å². The number of rotatable bonds is 67. The van der Waals surface area contributed by atoms with Gasteiger partial charge in [0.05, 0.1) is 18.8 Å². The van der Waals surface area contributed by atoms with Crippen LogP contribution in [0.5, 0.6) is 0 Å². The highest BCUT2D eigenvalue weighted by atomic mass is 16.3. The van der Waals surface area contributed by atoms with Gasteiger partial charge >= 0.3 is 0 Å². The molecule has 0 saturated heterocycles. The minimum absolute atomic E-state index is 0.0675. The highest BCUT2D eigenvalue weighted by Crippen LogP contribution is 2.19. The predicted octanol–water partition coefficient (Wildman–Crippen LogP) is 24.7. The number of aliphatic hydroxyl groups excluding tert-OH is 2. The van der Waals surface area contributed by atoms with Crippen molar-refractivity contribution >= 4 is 5.91 Å². The van der Waals surface area contributed by atoms with E-state index in [1.54, 1.807) is 6.08 Å². The van der Waals surface area contributed by atoms with Crippen LogP contribution in [0.15, 0.2) is 60.8 Å². The minimum Gasteiger partial charge on any atom is -0.394 e. The Balaban J connectivity index is 3.45. The average Bonchev–Trinajstić information content (AvgIpc) is 3.45. The third-order valence-corrected chi connectivity index (χ3v) is 16.7. The summed E-state index contributed by atoms with van der Waals surface area (Å²) in [6.45, 7) is 4.33. The smallest absolute Gasteiger partial charge is 0.220 e. The lowest BCUT2D eigenvalue weighted by Gasteiger charge is -2.19. The van der Waals surface area contributed by atoms with Gasteiger partial charge in [-0.1, -0.05) is 376 Å². The van der Waals surface area contributed by atoms with Gasteiger partial charge in [-0.2, -0.15) is 0 Å². The first-order chi connectivity index (χ1) is 39.2. The molecule has 464 valence electrons. The van der Waals surface area contributed by atoms with Crippen LogP contribution in [0.1, 0.15) is 393 Å². The number of unbranched alkanes of at least 4 members (excludes halogenated alkanes) is 52. The topological polar surface area (TPSA) is 69.6 Å². The Morgan fingerprint density at radius 2 is 0.532 bits per heavy atom. The van der Waals surface area contributed by atoms with Crippen molar-refractivity contribution in [3.05, 3.63) is 60.8 Å². The van der Waals surface area contributed by atoms with Crippen LogP contribution >= 0.6 is 0 Å². The maximum atomic E-state index is 12.5. The Kier molecular flexibility index (Phi) is 68.7. The normalized spacial score (nSPS) is 13.0. The van der Waals surface area contributed by atoms with Crippen LogP contribution in [0.3, 0.4) is 0 Å². The van der Waals surface area contributed by atoms with Crippen molar-refractivity contribution in [2.24, 2.45) is 0 Å². The van der Waals surface area contributed by atoms with Gasteiger partial charge in [-0.25, -0.2) is 0 Å². The summed E-state index contributed by atoms with van der Waals surface area (Å²) in [7, 11) is 0. The Bertz CT molecular complexity index is 1300. The van der Waals surface area contributed by atoms with E-state index in [4.69, 9.17) is 0 Å². The molecule has 2 atom stereocenters. The van der Waals surface area contributed by atoms with Crippen molar-refractivity contribution in [2.45, 2.75) is 405 Å². The summed E-state index contributed by atoms with van der Waals surface area (Å²) in [6.07, 6.45) is 100. The highest BCUT2D eigenvalue weighted by molar-refractivity contribution is 5.76. The molecule has 0 spiro atoms. The van der Waals surface area contributed by atoms with E-state index in [2.05, 4.69) is 67.8 Å². The fourth-order valence-electron chi connectivity index (χ4n) is 11.3. The van der Waals surface area contributed by atoms with Crippen LogP contribution < -0.4 is 5.32 Å². The van der Waals surface area contributed by atoms with E-state index in [1.165, 1.54) is 327 Å². The zero-order chi connectivity index (χ0) is 56.9. The molecule has 0 aromatic rings. The van der Waals surface area contributed by atoms with Gasteiger partial charge < -0.3 is 15.5 Å².